The zero-order valence-corrected chi connectivity index (χ0v) is 15.8. The average Bonchev–Trinajstić information content (AvgIpc) is 2.69. The maximum atomic E-state index is 12.5. The van der Waals surface area contributed by atoms with Gasteiger partial charge in [-0.3, -0.25) is 4.79 Å². The molecule has 3 aromatic rings. The van der Waals surface area contributed by atoms with E-state index < -0.39 is 0 Å². The molecule has 0 saturated carbocycles. The number of fused-ring (bicyclic) bond motifs is 1. The van der Waals surface area contributed by atoms with Gasteiger partial charge in [0.1, 0.15) is 18.0 Å². The highest BCUT2D eigenvalue weighted by Crippen LogP contribution is 2.29. The molecule has 7 heteroatoms. The molecule has 0 spiro atoms. The highest BCUT2D eigenvalue weighted by molar-refractivity contribution is 6.31. The molecule has 4 rings (SSSR count). The Kier molecular flexibility index (Phi) is 4.90. The maximum absolute atomic E-state index is 12.5. The van der Waals surface area contributed by atoms with Crippen LogP contribution < -0.4 is 10.2 Å². The van der Waals surface area contributed by atoms with Crippen molar-refractivity contribution < 1.29 is 4.79 Å². The topological polar surface area (TPSA) is 71.0 Å². The Morgan fingerprint density at radius 1 is 1.15 bits per heavy atom. The first-order valence-electron chi connectivity index (χ1n) is 8.99. The number of piperidine rings is 1. The number of pyridine rings is 1. The molecular formula is C20H20ClN5O. The van der Waals surface area contributed by atoms with Crippen LogP contribution in [0, 0.1) is 12.8 Å². The summed E-state index contributed by atoms with van der Waals surface area (Å²) >= 11 is 6.06. The van der Waals surface area contributed by atoms with E-state index in [0.29, 0.717) is 10.8 Å². The summed E-state index contributed by atoms with van der Waals surface area (Å²) in [5.74, 6) is 1.51. The molecule has 0 unspecified atom stereocenters. The van der Waals surface area contributed by atoms with Crippen LogP contribution in [0.15, 0.2) is 42.9 Å². The minimum atomic E-state index is -0.0214. The number of nitrogens with zero attached hydrogens (tertiary/aromatic N) is 4. The third-order valence-corrected chi connectivity index (χ3v) is 5.14. The number of hydrogen-bond acceptors (Lipinski definition) is 5. The fourth-order valence-corrected chi connectivity index (χ4v) is 3.56. The Bertz CT molecular complexity index is 968. The minimum absolute atomic E-state index is 0.0214. The highest BCUT2D eigenvalue weighted by atomic mass is 35.5. The van der Waals surface area contributed by atoms with Crippen LogP contribution in [0.3, 0.4) is 0 Å². The summed E-state index contributed by atoms with van der Waals surface area (Å²) in [5.41, 5.74) is 1.90. The first kappa shape index (κ1) is 17.7. The van der Waals surface area contributed by atoms with E-state index in [9.17, 15) is 4.79 Å². The Balaban J connectivity index is 1.43. The molecule has 2 aromatic heterocycles. The first-order chi connectivity index (χ1) is 13.1. The second kappa shape index (κ2) is 7.48. The van der Waals surface area contributed by atoms with E-state index in [2.05, 4.69) is 25.2 Å². The third kappa shape index (κ3) is 3.85. The van der Waals surface area contributed by atoms with Crippen LogP contribution >= 0.6 is 11.6 Å². The predicted molar refractivity (Wildman–Crippen MR) is 107 cm³/mol. The molecule has 1 aliphatic rings. The number of anilines is 2. The Morgan fingerprint density at radius 3 is 2.70 bits per heavy atom. The largest absolute Gasteiger partial charge is 0.356 e. The molecule has 0 radical (unpaired) electrons. The third-order valence-electron chi connectivity index (χ3n) is 4.91. The number of carbonyl (C=O) groups excluding carboxylic acids is 1. The average molecular weight is 382 g/mol. The quantitative estimate of drug-likeness (QED) is 0.746. The molecule has 1 amide bonds. The van der Waals surface area contributed by atoms with Crippen molar-refractivity contribution in [1.29, 1.82) is 0 Å². The number of carbonyl (C=O) groups is 1. The number of amides is 1. The standard InChI is InChI=1S/C20H20ClN5O/c1-13-2-5-18(22-11-13)25-20(27)14-6-8-26(9-7-14)19-16-4-3-15(21)10-17(16)23-12-24-19/h2-5,10-12,14H,6-9H2,1H3,(H,22,25,27). The van der Waals surface area contributed by atoms with Crippen LogP contribution in [0.5, 0.6) is 0 Å². The van der Waals surface area contributed by atoms with E-state index >= 15 is 0 Å². The second-order valence-corrected chi connectivity index (χ2v) is 7.27. The van der Waals surface area contributed by atoms with Gasteiger partial charge in [0.25, 0.3) is 0 Å². The van der Waals surface area contributed by atoms with Crippen molar-refractivity contribution in [3.63, 3.8) is 0 Å². The normalized spacial score (nSPS) is 15.1. The number of aryl methyl sites for hydroxylation is 1. The fraction of sp³-hybridized carbons (Fsp3) is 0.300. The van der Waals surface area contributed by atoms with Crippen molar-refractivity contribution >= 4 is 40.0 Å². The predicted octanol–water partition coefficient (Wildman–Crippen LogP) is 3.84. The molecule has 0 bridgehead atoms. The minimum Gasteiger partial charge on any atom is -0.356 e. The number of aromatic nitrogens is 3. The van der Waals surface area contributed by atoms with Crippen LogP contribution in [-0.2, 0) is 4.79 Å². The first-order valence-corrected chi connectivity index (χ1v) is 9.37. The molecule has 6 nitrogen and oxygen atoms in total. The van der Waals surface area contributed by atoms with Crippen LogP contribution in [-0.4, -0.2) is 33.9 Å². The lowest BCUT2D eigenvalue weighted by atomic mass is 9.95. The van der Waals surface area contributed by atoms with Crippen molar-refractivity contribution in [2.75, 3.05) is 23.3 Å². The van der Waals surface area contributed by atoms with E-state index in [0.717, 1.165) is 48.2 Å². The van der Waals surface area contributed by atoms with Gasteiger partial charge in [-0.15, -0.1) is 0 Å². The number of hydrogen-bond donors (Lipinski definition) is 1. The Hall–Kier alpha value is -2.73. The summed E-state index contributed by atoms with van der Waals surface area (Å²) < 4.78 is 0. The van der Waals surface area contributed by atoms with Gasteiger partial charge in [-0.1, -0.05) is 17.7 Å². The fourth-order valence-electron chi connectivity index (χ4n) is 3.39. The van der Waals surface area contributed by atoms with Gasteiger partial charge in [-0.2, -0.15) is 0 Å². The summed E-state index contributed by atoms with van der Waals surface area (Å²) in [4.78, 5) is 27.8. The highest BCUT2D eigenvalue weighted by Gasteiger charge is 2.26. The van der Waals surface area contributed by atoms with Crippen molar-refractivity contribution in [3.05, 3.63) is 53.4 Å². The SMILES string of the molecule is Cc1ccc(NC(=O)C2CCN(c3ncnc4cc(Cl)ccc34)CC2)nc1. The Morgan fingerprint density at radius 2 is 1.96 bits per heavy atom. The molecule has 1 aromatic carbocycles. The molecule has 1 fully saturated rings. The van der Waals surface area contributed by atoms with Crippen molar-refractivity contribution in [1.82, 2.24) is 15.0 Å². The van der Waals surface area contributed by atoms with E-state index in [1.807, 2.05) is 37.3 Å². The molecule has 3 heterocycles. The lowest BCUT2D eigenvalue weighted by Gasteiger charge is -2.32. The van der Waals surface area contributed by atoms with Gasteiger partial charge >= 0.3 is 0 Å². The van der Waals surface area contributed by atoms with Gasteiger partial charge in [0.2, 0.25) is 5.91 Å². The summed E-state index contributed by atoms with van der Waals surface area (Å²) in [6, 6.07) is 9.43. The summed E-state index contributed by atoms with van der Waals surface area (Å²) in [6.45, 7) is 3.52. The molecule has 0 atom stereocenters. The lowest BCUT2D eigenvalue weighted by molar-refractivity contribution is -0.120. The van der Waals surface area contributed by atoms with Gasteiger partial charge in [-0.25, -0.2) is 15.0 Å². The number of nitrogens with one attached hydrogen (secondary N) is 1. The lowest BCUT2D eigenvalue weighted by Crippen LogP contribution is -2.38. The molecule has 1 aliphatic heterocycles. The number of rotatable bonds is 3. The van der Waals surface area contributed by atoms with E-state index in [4.69, 9.17) is 11.6 Å². The molecule has 27 heavy (non-hydrogen) atoms. The number of benzene rings is 1. The van der Waals surface area contributed by atoms with Crippen LogP contribution in [0.1, 0.15) is 18.4 Å². The second-order valence-electron chi connectivity index (χ2n) is 6.83. The van der Waals surface area contributed by atoms with Crippen LogP contribution in [0.2, 0.25) is 5.02 Å². The van der Waals surface area contributed by atoms with Gasteiger partial charge in [-0.05, 0) is 49.6 Å². The summed E-state index contributed by atoms with van der Waals surface area (Å²) in [6.07, 6.45) is 4.87. The van der Waals surface area contributed by atoms with Crippen molar-refractivity contribution in [2.24, 2.45) is 5.92 Å². The zero-order chi connectivity index (χ0) is 18.8. The van der Waals surface area contributed by atoms with Gasteiger partial charge in [0.05, 0.1) is 5.52 Å². The molecular weight excluding hydrogens is 362 g/mol. The monoisotopic (exact) mass is 381 g/mol. The van der Waals surface area contributed by atoms with Gasteiger partial charge in [0, 0.05) is 35.6 Å². The van der Waals surface area contributed by atoms with E-state index in [1.165, 1.54) is 0 Å². The Labute approximate surface area is 162 Å². The van der Waals surface area contributed by atoms with E-state index in [-0.39, 0.29) is 11.8 Å². The zero-order valence-electron chi connectivity index (χ0n) is 15.0. The molecule has 0 aliphatic carbocycles. The maximum Gasteiger partial charge on any atom is 0.228 e. The molecule has 1 N–H and O–H groups in total. The molecule has 1 saturated heterocycles. The van der Waals surface area contributed by atoms with Crippen molar-refractivity contribution in [2.45, 2.75) is 19.8 Å². The summed E-state index contributed by atoms with van der Waals surface area (Å²) in [5, 5.41) is 4.56. The van der Waals surface area contributed by atoms with Gasteiger partial charge < -0.3 is 10.2 Å². The van der Waals surface area contributed by atoms with Gasteiger partial charge in [0.15, 0.2) is 0 Å². The smallest absolute Gasteiger partial charge is 0.228 e. The van der Waals surface area contributed by atoms with Crippen LogP contribution in [0.4, 0.5) is 11.6 Å². The van der Waals surface area contributed by atoms with E-state index in [1.54, 1.807) is 12.5 Å². The number of halogens is 1. The van der Waals surface area contributed by atoms with Crippen molar-refractivity contribution in [3.8, 4) is 0 Å². The molecule has 138 valence electrons. The van der Waals surface area contributed by atoms with Crippen LogP contribution in [0.25, 0.3) is 10.9 Å². The summed E-state index contributed by atoms with van der Waals surface area (Å²) in [7, 11) is 0.